The molecule has 0 N–H and O–H groups in total. The number of hydrogen-bond acceptors (Lipinski definition) is 2. The molecule has 2 aliphatic rings. The van der Waals surface area contributed by atoms with E-state index in [1.807, 2.05) is 0 Å². The number of hydrogen-bond donors (Lipinski definition) is 0. The summed E-state index contributed by atoms with van der Waals surface area (Å²) in [5, 5.41) is 0. The maximum atomic E-state index is 12.0. The van der Waals surface area contributed by atoms with Gasteiger partial charge in [-0.1, -0.05) is 34.3 Å². The first-order chi connectivity index (χ1) is 8.20. The lowest BCUT2D eigenvalue weighted by Crippen LogP contribution is -2.50. The van der Waals surface area contributed by atoms with Crippen molar-refractivity contribution in [1.82, 2.24) is 0 Å². The standard InChI is InChI=1S/C16H26O2/c1-7-16(18-13(17)11(2)3)10-12-8-9-15(16,6)14(12,4)5/h12H,2,7-10H2,1,3-6H3. The van der Waals surface area contributed by atoms with Gasteiger partial charge in [0, 0.05) is 11.0 Å². The fraction of sp³-hybridized carbons (Fsp3) is 0.812. The second-order valence-corrected chi connectivity index (χ2v) is 7.01. The van der Waals surface area contributed by atoms with Gasteiger partial charge in [-0.3, -0.25) is 0 Å². The number of carbonyl (C=O) groups is 1. The van der Waals surface area contributed by atoms with Gasteiger partial charge in [-0.05, 0) is 43.9 Å². The van der Waals surface area contributed by atoms with Crippen molar-refractivity contribution in [1.29, 1.82) is 0 Å². The van der Waals surface area contributed by atoms with E-state index in [1.54, 1.807) is 6.92 Å². The minimum Gasteiger partial charge on any atom is -0.455 e. The monoisotopic (exact) mass is 250 g/mol. The minimum absolute atomic E-state index is 0.102. The maximum Gasteiger partial charge on any atom is 0.333 e. The molecule has 0 aromatic carbocycles. The van der Waals surface area contributed by atoms with Crippen molar-refractivity contribution in [3.8, 4) is 0 Å². The summed E-state index contributed by atoms with van der Waals surface area (Å²) in [7, 11) is 0. The Morgan fingerprint density at radius 2 is 2.00 bits per heavy atom. The van der Waals surface area contributed by atoms with Crippen molar-refractivity contribution in [3.05, 3.63) is 12.2 Å². The van der Waals surface area contributed by atoms with Gasteiger partial charge in [-0.25, -0.2) is 4.79 Å². The van der Waals surface area contributed by atoms with Crippen LogP contribution in [0.15, 0.2) is 12.2 Å². The topological polar surface area (TPSA) is 26.3 Å². The predicted molar refractivity (Wildman–Crippen MR) is 73.2 cm³/mol. The lowest BCUT2D eigenvalue weighted by molar-refractivity contribution is -0.175. The van der Waals surface area contributed by atoms with Crippen molar-refractivity contribution in [3.63, 3.8) is 0 Å². The highest BCUT2D eigenvalue weighted by Crippen LogP contribution is 2.71. The smallest absolute Gasteiger partial charge is 0.333 e. The Balaban J connectivity index is 2.36. The summed E-state index contributed by atoms with van der Waals surface area (Å²) in [5.41, 5.74) is 0.588. The molecule has 2 heteroatoms. The molecule has 18 heavy (non-hydrogen) atoms. The summed E-state index contributed by atoms with van der Waals surface area (Å²) in [6.07, 6.45) is 4.37. The molecule has 2 bridgehead atoms. The van der Waals surface area contributed by atoms with Crippen LogP contribution in [0.1, 0.15) is 60.3 Å². The van der Waals surface area contributed by atoms with Crippen LogP contribution >= 0.6 is 0 Å². The molecule has 0 heterocycles. The highest BCUT2D eigenvalue weighted by Gasteiger charge is 2.69. The quantitative estimate of drug-likeness (QED) is 0.557. The van der Waals surface area contributed by atoms with Crippen molar-refractivity contribution in [2.24, 2.45) is 16.7 Å². The Bertz CT molecular complexity index is 396. The van der Waals surface area contributed by atoms with Gasteiger partial charge in [-0.2, -0.15) is 0 Å². The Morgan fingerprint density at radius 3 is 2.33 bits per heavy atom. The van der Waals surface area contributed by atoms with E-state index in [9.17, 15) is 4.79 Å². The van der Waals surface area contributed by atoms with E-state index in [0.29, 0.717) is 11.5 Å². The Kier molecular flexibility index (Phi) is 2.92. The molecular weight excluding hydrogens is 224 g/mol. The van der Waals surface area contributed by atoms with E-state index in [-0.39, 0.29) is 22.4 Å². The third-order valence-corrected chi connectivity index (χ3v) is 6.22. The van der Waals surface area contributed by atoms with Gasteiger partial charge in [0.25, 0.3) is 0 Å². The second-order valence-electron chi connectivity index (χ2n) is 7.01. The first-order valence-corrected chi connectivity index (χ1v) is 7.09. The molecule has 0 saturated heterocycles. The normalized spacial score (nSPS) is 40.8. The molecule has 0 radical (unpaired) electrons. The van der Waals surface area contributed by atoms with Crippen LogP contribution in [0, 0.1) is 16.7 Å². The van der Waals surface area contributed by atoms with Gasteiger partial charge in [0.1, 0.15) is 5.60 Å². The van der Waals surface area contributed by atoms with E-state index in [0.717, 1.165) is 12.8 Å². The number of ether oxygens (including phenoxy) is 1. The van der Waals surface area contributed by atoms with Crippen LogP contribution in [0.25, 0.3) is 0 Å². The molecular formula is C16H26O2. The Morgan fingerprint density at radius 1 is 1.39 bits per heavy atom. The highest BCUT2D eigenvalue weighted by atomic mass is 16.6. The van der Waals surface area contributed by atoms with Crippen LogP contribution in [0.5, 0.6) is 0 Å². The zero-order valence-electron chi connectivity index (χ0n) is 12.4. The molecule has 3 atom stereocenters. The van der Waals surface area contributed by atoms with Gasteiger partial charge in [-0.15, -0.1) is 0 Å². The van der Waals surface area contributed by atoms with Crippen molar-refractivity contribution in [2.45, 2.75) is 65.9 Å². The third-order valence-electron chi connectivity index (χ3n) is 6.22. The average molecular weight is 250 g/mol. The molecule has 0 spiro atoms. The molecule has 2 rings (SSSR count). The molecule has 0 amide bonds. The highest BCUT2D eigenvalue weighted by molar-refractivity contribution is 5.87. The molecule has 0 aromatic heterocycles. The summed E-state index contributed by atoms with van der Waals surface area (Å²) in [5.74, 6) is 0.460. The number of carbonyl (C=O) groups excluding carboxylic acids is 1. The fourth-order valence-electron chi connectivity index (χ4n) is 4.42. The van der Waals surface area contributed by atoms with E-state index in [2.05, 4.69) is 34.3 Å². The van der Waals surface area contributed by atoms with Gasteiger partial charge in [0.15, 0.2) is 0 Å². The molecule has 2 fully saturated rings. The van der Waals surface area contributed by atoms with Crippen LogP contribution < -0.4 is 0 Å². The van der Waals surface area contributed by atoms with Crippen LogP contribution in [0.3, 0.4) is 0 Å². The van der Waals surface area contributed by atoms with Gasteiger partial charge < -0.3 is 4.74 Å². The number of rotatable bonds is 3. The molecule has 2 nitrogen and oxygen atoms in total. The van der Waals surface area contributed by atoms with Crippen LogP contribution in [0.4, 0.5) is 0 Å². The van der Waals surface area contributed by atoms with Crippen LogP contribution in [-0.4, -0.2) is 11.6 Å². The van der Waals surface area contributed by atoms with Crippen molar-refractivity contribution >= 4 is 5.97 Å². The van der Waals surface area contributed by atoms with E-state index >= 15 is 0 Å². The van der Waals surface area contributed by atoms with E-state index in [4.69, 9.17) is 4.74 Å². The largest absolute Gasteiger partial charge is 0.455 e. The average Bonchev–Trinajstić information content (AvgIpc) is 2.60. The molecule has 2 aliphatic carbocycles. The summed E-state index contributed by atoms with van der Waals surface area (Å²) in [6, 6.07) is 0. The summed E-state index contributed by atoms with van der Waals surface area (Å²) in [6.45, 7) is 14.6. The lowest BCUT2D eigenvalue weighted by atomic mass is 9.63. The first-order valence-electron chi connectivity index (χ1n) is 7.09. The fourth-order valence-corrected chi connectivity index (χ4v) is 4.42. The molecule has 102 valence electrons. The van der Waals surface area contributed by atoms with Gasteiger partial charge >= 0.3 is 5.97 Å². The van der Waals surface area contributed by atoms with E-state index in [1.165, 1.54) is 12.8 Å². The summed E-state index contributed by atoms with van der Waals surface area (Å²) >= 11 is 0. The van der Waals surface area contributed by atoms with Crippen molar-refractivity contribution < 1.29 is 9.53 Å². The third kappa shape index (κ3) is 1.44. The second kappa shape index (κ2) is 3.85. The first kappa shape index (κ1) is 13.6. The summed E-state index contributed by atoms with van der Waals surface area (Å²) in [4.78, 5) is 12.0. The Hall–Kier alpha value is -0.790. The Labute approximate surface area is 111 Å². The van der Waals surface area contributed by atoms with Crippen molar-refractivity contribution in [2.75, 3.05) is 0 Å². The summed E-state index contributed by atoms with van der Waals surface area (Å²) < 4.78 is 5.94. The van der Waals surface area contributed by atoms with Gasteiger partial charge in [0.05, 0.1) is 0 Å². The lowest BCUT2D eigenvalue weighted by Gasteiger charge is -2.47. The zero-order chi connectivity index (χ0) is 13.8. The van der Waals surface area contributed by atoms with Gasteiger partial charge in [0.2, 0.25) is 0 Å². The minimum atomic E-state index is -0.282. The number of fused-ring (bicyclic) bond motifs is 2. The molecule has 0 aromatic rings. The molecule has 3 unspecified atom stereocenters. The zero-order valence-corrected chi connectivity index (χ0v) is 12.4. The molecule has 2 saturated carbocycles. The van der Waals surface area contributed by atoms with Crippen LogP contribution in [-0.2, 0) is 9.53 Å². The van der Waals surface area contributed by atoms with E-state index < -0.39 is 0 Å². The molecule has 0 aliphatic heterocycles. The maximum absolute atomic E-state index is 12.0. The number of esters is 1. The van der Waals surface area contributed by atoms with Crippen LogP contribution in [0.2, 0.25) is 0 Å². The SMILES string of the molecule is C=C(C)C(=O)OC1(CC)CC2CCC1(C)C2(C)C. The predicted octanol–water partition coefficient (Wildman–Crippen LogP) is 4.10.